The van der Waals surface area contributed by atoms with Gasteiger partial charge in [-0.15, -0.1) is 22.7 Å². The van der Waals surface area contributed by atoms with Crippen LogP contribution in [-0.4, -0.2) is 15.3 Å². The molecule has 4 heterocycles. The molecule has 1 N–H and O–H groups in total. The first-order chi connectivity index (χ1) is 10.7. The van der Waals surface area contributed by atoms with E-state index < -0.39 is 0 Å². The van der Waals surface area contributed by atoms with Crippen molar-refractivity contribution in [1.29, 1.82) is 0 Å². The molecule has 0 radical (unpaired) electrons. The lowest BCUT2D eigenvalue weighted by molar-refractivity contribution is 0.103. The van der Waals surface area contributed by atoms with Gasteiger partial charge in [-0.2, -0.15) is 0 Å². The van der Waals surface area contributed by atoms with Crippen LogP contribution in [0.2, 0.25) is 0 Å². The van der Waals surface area contributed by atoms with E-state index in [4.69, 9.17) is 0 Å². The fraction of sp³-hybridized carbons (Fsp3) is 0.235. The van der Waals surface area contributed by atoms with Crippen LogP contribution in [-0.2, 0) is 6.54 Å². The Kier molecular flexibility index (Phi) is 3.20. The topological polar surface area (TPSA) is 37.8 Å². The van der Waals surface area contributed by atoms with Crippen molar-refractivity contribution in [3.05, 3.63) is 45.9 Å². The third-order valence-corrected chi connectivity index (χ3v) is 5.80. The number of carbonyl (C=O) groups excluding carboxylic acids is 1. The van der Waals surface area contributed by atoms with E-state index >= 15 is 0 Å². The van der Waals surface area contributed by atoms with E-state index in [9.17, 15) is 4.79 Å². The van der Waals surface area contributed by atoms with E-state index in [-0.39, 0.29) is 5.78 Å². The van der Waals surface area contributed by atoms with Crippen LogP contribution in [0.15, 0.2) is 29.0 Å². The molecule has 0 atom stereocenters. The molecule has 4 aromatic rings. The van der Waals surface area contributed by atoms with Gasteiger partial charge in [-0.25, -0.2) is 0 Å². The number of hydrogen-bond acceptors (Lipinski definition) is 3. The Hall–Kier alpha value is -1.85. The Morgan fingerprint density at radius 2 is 2.09 bits per heavy atom. The Morgan fingerprint density at radius 3 is 2.91 bits per heavy atom. The molecule has 112 valence electrons. The number of ketones is 1. The molecule has 4 aromatic heterocycles. The molecule has 0 saturated heterocycles. The summed E-state index contributed by atoms with van der Waals surface area (Å²) in [4.78, 5) is 18.8. The average molecular weight is 328 g/mol. The zero-order chi connectivity index (χ0) is 15.3. The number of nitrogens with zero attached hydrogens (tertiary/aromatic N) is 1. The van der Waals surface area contributed by atoms with Gasteiger partial charge in [0, 0.05) is 23.0 Å². The van der Waals surface area contributed by atoms with Gasteiger partial charge in [-0.05, 0) is 42.3 Å². The lowest BCUT2D eigenvalue weighted by Crippen LogP contribution is -2.10. The molecular formula is C17H16N2OS2. The summed E-state index contributed by atoms with van der Waals surface area (Å²) >= 11 is 3.35. The lowest BCUT2D eigenvalue weighted by Gasteiger charge is -2.08. The van der Waals surface area contributed by atoms with Crippen molar-refractivity contribution in [3.8, 4) is 0 Å². The first-order valence-corrected chi connectivity index (χ1v) is 9.13. The van der Waals surface area contributed by atoms with Crippen molar-refractivity contribution in [2.24, 2.45) is 0 Å². The quantitative estimate of drug-likeness (QED) is 0.514. The van der Waals surface area contributed by atoms with E-state index in [1.54, 1.807) is 22.7 Å². The molecule has 3 nitrogen and oxygen atoms in total. The molecule has 0 aliphatic rings. The maximum Gasteiger partial charge on any atom is 0.211 e. The van der Waals surface area contributed by atoms with Gasteiger partial charge in [-0.1, -0.05) is 6.92 Å². The second-order valence-electron chi connectivity index (χ2n) is 5.48. The number of fused-ring (bicyclic) bond motifs is 2. The zero-order valence-corrected chi connectivity index (χ0v) is 14.1. The standard InChI is InChI=1S/C17H16N2OS2/c1-3-6-19-13(9-11-4-7-22-17(11)19)15(20)14-10(2)18-16-12(14)5-8-21-16/h4-5,7-9,18H,3,6H2,1-2H3. The number of carbonyl (C=O) groups is 1. The van der Waals surface area contributed by atoms with Crippen LogP contribution in [0.5, 0.6) is 0 Å². The van der Waals surface area contributed by atoms with Crippen molar-refractivity contribution in [1.82, 2.24) is 9.55 Å². The van der Waals surface area contributed by atoms with Gasteiger partial charge in [0.15, 0.2) is 0 Å². The number of nitrogens with one attached hydrogen (secondary N) is 1. The van der Waals surface area contributed by atoms with Crippen LogP contribution in [0.25, 0.3) is 20.4 Å². The van der Waals surface area contributed by atoms with Gasteiger partial charge in [-0.3, -0.25) is 4.79 Å². The smallest absolute Gasteiger partial charge is 0.211 e. The Balaban J connectivity index is 1.92. The number of H-pyrrole nitrogens is 1. The Bertz CT molecular complexity index is 983. The van der Waals surface area contributed by atoms with E-state index in [0.29, 0.717) is 0 Å². The SMILES string of the molecule is CCCn1c(C(=O)c2c(C)[nH]c3sccc23)cc2ccsc21. The molecule has 0 amide bonds. The van der Waals surface area contributed by atoms with Gasteiger partial charge in [0.25, 0.3) is 0 Å². The second kappa shape index (κ2) is 5.11. The largest absolute Gasteiger partial charge is 0.350 e. The minimum Gasteiger partial charge on any atom is -0.350 e. The molecule has 0 unspecified atom stereocenters. The summed E-state index contributed by atoms with van der Waals surface area (Å²) in [5, 5.41) is 6.32. The minimum absolute atomic E-state index is 0.124. The maximum absolute atomic E-state index is 13.2. The summed E-state index contributed by atoms with van der Waals surface area (Å²) in [6.45, 7) is 5.00. The third-order valence-electron chi connectivity index (χ3n) is 4.02. The molecule has 0 fully saturated rings. The summed E-state index contributed by atoms with van der Waals surface area (Å²) in [7, 11) is 0. The summed E-state index contributed by atoms with van der Waals surface area (Å²) in [5.41, 5.74) is 2.58. The predicted octanol–water partition coefficient (Wildman–Crippen LogP) is 5.20. The first kappa shape index (κ1) is 13.8. The zero-order valence-electron chi connectivity index (χ0n) is 12.5. The van der Waals surface area contributed by atoms with Gasteiger partial charge in [0.05, 0.1) is 11.3 Å². The van der Waals surface area contributed by atoms with Crippen molar-refractivity contribution in [2.45, 2.75) is 26.8 Å². The fourth-order valence-electron chi connectivity index (χ4n) is 3.07. The molecule has 0 saturated carbocycles. The number of hydrogen-bond donors (Lipinski definition) is 1. The van der Waals surface area contributed by atoms with Crippen molar-refractivity contribution < 1.29 is 4.79 Å². The van der Waals surface area contributed by atoms with Crippen molar-refractivity contribution >= 4 is 48.9 Å². The van der Waals surface area contributed by atoms with Gasteiger partial charge in [0.1, 0.15) is 9.66 Å². The van der Waals surface area contributed by atoms with Crippen LogP contribution in [0.3, 0.4) is 0 Å². The normalized spacial score (nSPS) is 11.7. The summed E-state index contributed by atoms with van der Waals surface area (Å²) in [5.74, 6) is 0.124. The van der Waals surface area contributed by atoms with Gasteiger partial charge >= 0.3 is 0 Å². The van der Waals surface area contributed by atoms with Gasteiger partial charge < -0.3 is 9.55 Å². The van der Waals surface area contributed by atoms with Gasteiger partial charge in [0.2, 0.25) is 5.78 Å². The molecule has 0 spiro atoms. The molecule has 22 heavy (non-hydrogen) atoms. The van der Waals surface area contributed by atoms with Crippen LogP contribution in [0.1, 0.15) is 35.1 Å². The highest BCUT2D eigenvalue weighted by molar-refractivity contribution is 7.17. The minimum atomic E-state index is 0.124. The molecule has 0 bridgehead atoms. The molecule has 5 heteroatoms. The highest BCUT2D eigenvalue weighted by Gasteiger charge is 2.22. The Labute approximate surface area is 136 Å². The van der Waals surface area contributed by atoms with Crippen molar-refractivity contribution in [3.63, 3.8) is 0 Å². The van der Waals surface area contributed by atoms with E-state index in [1.807, 2.05) is 24.4 Å². The summed E-state index contributed by atoms with van der Waals surface area (Å²) < 4.78 is 2.17. The predicted molar refractivity (Wildman–Crippen MR) is 94.5 cm³/mol. The fourth-order valence-corrected chi connectivity index (χ4v) is 4.84. The summed E-state index contributed by atoms with van der Waals surface area (Å²) in [6.07, 6.45) is 1.02. The number of aryl methyl sites for hydroxylation is 2. The summed E-state index contributed by atoms with van der Waals surface area (Å²) in [6, 6.07) is 6.16. The number of thiophene rings is 2. The van der Waals surface area contributed by atoms with E-state index in [1.165, 1.54) is 4.83 Å². The highest BCUT2D eigenvalue weighted by Crippen LogP contribution is 2.31. The highest BCUT2D eigenvalue weighted by atomic mass is 32.1. The maximum atomic E-state index is 13.2. The van der Waals surface area contributed by atoms with E-state index in [2.05, 4.69) is 27.9 Å². The van der Waals surface area contributed by atoms with E-state index in [0.717, 1.165) is 45.5 Å². The number of rotatable bonds is 4. The number of aromatic nitrogens is 2. The van der Waals surface area contributed by atoms with Crippen LogP contribution < -0.4 is 0 Å². The monoisotopic (exact) mass is 328 g/mol. The average Bonchev–Trinajstić information content (AvgIpc) is 3.19. The molecule has 0 aliphatic carbocycles. The molecule has 0 aromatic carbocycles. The first-order valence-electron chi connectivity index (χ1n) is 7.38. The molecule has 4 rings (SSSR count). The molecular weight excluding hydrogens is 312 g/mol. The van der Waals surface area contributed by atoms with Crippen LogP contribution >= 0.6 is 22.7 Å². The molecule has 0 aliphatic heterocycles. The number of aromatic amines is 1. The third kappa shape index (κ3) is 1.89. The van der Waals surface area contributed by atoms with Crippen molar-refractivity contribution in [2.75, 3.05) is 0 Å². The second-order valence-corrected chi connectivity index (χ2v) is 7.29. The lowest BCUT2D eigenvalue weighted by atomic mass is 10.1. The van der Waals surface area contributed by atoms with Crippen LogP contribution in [0, 0.1) is 6.92 Å². The van der Waals surface area contributed by atoms with Crippen LogP contribution in [0.4, 0.5) is 0 Å². The Morgan fingerprint density at radius 1 is 1.27 bits per heavy atom.